The number of hydrogen-bond acceptors (Lipinski definition) is 3. The maximum atomic E-state index is 12.6. The quantitative estimate of drug-likeness (QED) is 0.578. The van der Waals surface area contributed by atoms with Gasteiger partial charge in [-0.05, 0) is 31.0 Å². The third kappa shape index (κ3) is 5.88. The van der Waals surface area contributed by atoms with Crippen LogP contribution in [-0.4, -0.2) is 33.2 Å². The summed E-state index contributed by atoms with van der Waals surface area (Å²) in [7, 11) is -1.66. The van der Waals surface area contributed by atoms with Crippen LogP contribution in [0.1, 0.15) is 24.5 Å². The molecule has 2 N–H and O–H groups in total. The number of aryl methyl sites for hydroxylation is 1. The van der Waals surface area contributed by atoms with E-state index in [-0.39, 0.29) is 11.8 Å². The molecule has 2 aromatic carbocycles. The normalized spacial score (nSPS) is 13.3. The lowest BCUT2D eigenvalue weighted by atomic mass is 10.1. The van der Waals surface area contributed by atoms with Crippen LogP contribution in [0.25, 0.3) is 0 Å². The number of sulfone groups is 1. The van der Waals surface area contributed by atoms with E-state index in [1.54, 1.807) is 31.3 Å². The van der Waals surface area contributed by atoms with E-state index in [4.69, 9.17) is 0 Å². The van der Waals surface area contributed by atoms with E-state index in [2.05, 4.69) is 46.8 Å². The molecule has 2 rings (SSSR count). The zero-order valence-corrected chi connectivity index (χ0v) is 16.4. The minimum absolute atomic E-state index is 0.0265. The van der Waals surface area contributed by atoms with Crippen molar-refractivity contribution >= 4 is 15.8 Å². The Morgan fingerprint density at radius 2 is 1.73 bits per heavy atom. The number of guanidine groups is 1. The highest BCUT2D eigenvalue weighted by molar-refractivity contribution is 7.91. The average Bonchev–Trinajstić information content (AvgIpc) is 2.66. The zero-order chi connectivity index (χ0) is 19.0. The highest BCUT2D eigenvalue weighted by atomic mass is 32.2. The van der Waals surface area contributed by atoms with Crippen molar-refractivity contribution in [3.8, 4) is 0 Å². The summed E-state index contributed by atoms with van der Waals surface area (Å²) < 4.78 is 25.2. The van der Waals surface area contributed by atoms with Gasteiger partial charge in [0.05, 0.1) is 10.6 Å². The van der Waals surface area contributed by atoms with E-state index >= 15 is 0 Å². The van der Waals surface area contributed by atoms with E-state index in [1.165, 1.54) is 5.56 Å². The third-order valence-electron chi connectivity index (χ3n) is 4.16. The minimum atomic E-state index is -3.34. The van der Waals surface area contributed by atoms with Crippen LogP contribution in [0.3, 0.4) is 0 Å². The fraction of sp³-hybridized carbons (Fsp3) is 0.350. The first-order valence-electron chi connectivity index (χ1n) is 8.75. The molecule has 0 aliphatic carbocycles. The summed E-state index contributed by atoms with van der Waals surface area (Å²) in [4.78, 5) is 4.56. The molecule has 1 unspecified atom stereocenters. The molecule has 26 heavy (non-hydrogen) atoms. The van der Waals surface area contributed by atoms with Gasteiger partial charge >= 0.3 is 0 Å². The highest BCUT2D eigenvalue weighted by Gasteiger charge is 2.20. The van der Waals surface area contributed by atoms with Crippen LogP contribution >= 0.6 is 0 Å². The number of rotatable bonds is 7. The van der Waals surface area contributed by atoms with Crippen LogP contribution in [0.15, 0.2) is 64.5 Å². The molecule has 1 atom stereocenters. The fourth-order valence-corrected chi connectivity index (χ4v) is 4.14. The molecule has 0 fully saturated rings. The lowest BCUT2D eigenvalue weighted by Gasteiger charge is -2.20. The molecule has 0 saturated carbocycles. The fourth-order valence-electron chi connectivity index (χ4n) is 2.53. The third-order valence-corrected chi connectivity index (χ3v) is 5.99. The van der Waals surface area contributed by atoms with E-state index in [0.717, 1.165) is 5.56 Å². The summed E-state index contributed by atoms with van der Waals surface area (Å²) >= 11 is 0. The number of nitrogens with one attached hydrogen (secondary N) is 2. The van der Waals surface area contributed by atoms with Crippen LogP contribution in [0.4, 0.5) is 0 Å². The maximum absolute atomic E-state index is 12.6. The monoisotopic (exact) mass is 373 g/mol. The Morgan fingerprint density at radius 1 is 1.08 bits per heavy atom. The first-order chi connectivity index (χ1) is 12.4. The largest absolute Gasteiger partial charge is 0.353 e. The van der Waals surface area contributed by atoms with Crippen molar-refractivity contribution < 1.29 is 8.42 Å². The Morgan fingerprint density at radius 3 is 2.31 bits per heavy atom. The summed E-state index contributed by atoms with van der Waals surface area (Å²) in [5.41, 5.74) is 2.36. The molecule has 0 radical (unpaired) electrons. The topological polar surface area (TPSA) is 70.6 Å². The van der Waals surface area contributed by atoms with Gasteiger partial charge in [0.15, 0.2) is 15.8 Å². The van der Waals surface area contributed by atoms with Crippen molar-refractivity contribution in [3.05, 3.63) is 65.7 Å². The van der Waals surface area contributed by atoms with Gasteiger partial charge in [-0.3, -0.25) is 4.99 Å². The Kier molecular flexibility index (Phi) is 7.21. The van der Waals surface area contributed by atoms with Gasteiger partial charge in [0, 0.05) is 19.6 Å². The first kappa shape index (κ1) is 20.0. The van der Waals surface area contributed by atoms with Crippen LogP contribution in [-0.2, 0) is 16.4 Å². The lowest BCUT2D eigenvalue weighted by Crippen LogP contribution is -2.45. The van der Waals surface area contributed by atoms with Gasteiger partial charge in [0.2, 0.25) is 0 Å². The standard InChI is InChI=1S/C20H27N3O2S/c1-4-18(15-26(24,25)19-8-6-5-7-9-19)23-20(21-3)22-14-17-12-10-16(2)11-13-17/h5-13,18H,4,14-15H2,1-3H3,(H2,21,22,23). The van der Waals surface area contributed by atoms with Crippen molar-refractivity contribution in [1.29, 1.82) is 0 Å². The summed E-state index contributed by atoms with van der Waals surface area (Å²) in [5, 5.41) is 6.46. The molecule has 0 heterocycles. The second-order valence-corrected chi connectivity index (χ2v) is 8.29. The molecular formula is C20H27N3O2S. The molecule has 0 spiro atoms. The van der Waals surface area contributed by atoms with Crippen LogP contribution in [0.2, 0.25) is 0 Å². The van der Waals surface area contributed by atoms with Crippen molar-refractivity contribution in [2.24, 2.45) is 4.99 Å². The first-order valence-corrected chi connectivity index (χ1v) is 10.4. The van der Waals surface area contributed by atoms with E-state index in [1.807, 2.05) is 13.0 Å². The van der Waals surface area contributed by atoms with Gasteiger partial charge in [-0.2, -0.15) is 0 Å². The predicted molar refractivity (Wildman–Crippen MR) is 107 cm³/mol. The highest BCUT2D eigenvalue weighted by Crippen LogP contribution is 2.12. The number of nitrogens with zero attached hydrogens (tertiary/aromatic N) is 1. The molecule has 0 aliphatic heterocycles. The lowest BCUT2D eigenvalue weighted by molar-refractivity contribution is 0.568. The molecule has 6 heteroatoms. The molecule has 0 aromatic heterocycles. The van der Waals surface area contributed by atoms with Crippen molar-refractivity contribution in [3.63, 3.8) is 0 Å². The number of aliphatic imine (C=N–C) groups is 1. The van der Waals surface area contributed by atoms with E-state index in [9.17, 15) is 8.42 Å². The summed E-state index contributed by atoms with van der Waals surface area (Å²) in [5.74, 6) is 0.624. The number of benzene rings is 2. The molecule has 0 amide bonds. The van der Waals surface area contributed by atoms with Gasteiger partial charge in [-0.15, -0.1) is 0 Å². The molecule has 0 saturated heterocycles. The van der Waals surface area contributed by atoms with Crippen molar-refractivity contribution in [2.75, 3.05) is 12.8 Å². The summed E-state index contributed by atoms with van der Waals surface area (Å²) in [6, 6.07) is 16.6. The molecule has 5 nitrogen and oxygen atoms in total. The second kappa shape index (κ2) is 9.38. The van der Waals surface area contributed by atoms with Gasteiger partial charge in [0.1, 0.15) is 0 Å². The van der Waals surface area contributed by atoms with Gasteiger partial charge in [0.25, 0.3) is 0 Å². The number of hydrogen-bond donors (Lipinski definition) is 2. The van der Waals surface area contributed by atoms with E-state index < -0.39 is 9.84 Å². The molecular weight excluding hydrogens is 346 g/mol. The molecule has 140 valence electrons. The second-order valence-electron chi connectivity index (χ2n) is 6.26. The van der Waals surface area contributed by atoms with Crippen molar-refractivity contribution in [1.82, 2.24) is 10.6 Å². The van der Waals surface area contributed by atoms with E-state index in [0.29, 0.717) is 23.8 Å². The molecule has 2 aromatic rings. The summed E-state index contributed by atoms with van der Waals surface area (Å²) in [6.45, 7) is 4.64. The zero-order valence-electron chi connectivity index (χ0n) is 15.6. The van der Waals surface area contributed by atoms with Crippen LogP contribution in [0.5, 0.6) is 0 Å². The van der Waals surface area contributed by atoms with Crippen LogP contribution in [0, 0.1) is 6.92 Å². The van der Waals surface area contributed by atoms with Gasteiger partial charge in [-0.1, -0.05) is 55.0 Å². The van der Waals surface area contributed by atoms with Crippen LogP contribution < -0.4 is 10.6 Å². The SMILES string of the molecule is CCC(CS(=O)(=O)c1ccccc1)NC(=NC)NCc1ccc(C)cc1. The predicted octanol–water partition coefficient (Wildman–Crippen LogP) is 2.91. The Bertz CT molecular complexity index is 816. The Balaban J connectivity index is 1.97. The molecule has 0 aliphatic rings. The molecule has 0 bridgehead atoms. The maximum Gasteiger partial charge on any atom is 0.191 e. The minimum Gasteiger partial charge on any atom is -0.353 e. The van der Waals surface area contributed by atoms with Gasteiger partial charge < -0.3 is 10.6 Å². The summed E-state index contributed by atoms with van der Waals surface area (Å²) in [6.07, 6.45) is 0.678. The van der Waals surface area contributed by atoms with Gasteiger partial charge in [-0.25, -0.2) is 8.42 Å². The smallest absolute Gasteiger partial charge is 0.191 e. The van der Waals surface area contributed by atoms with Crippen molar-refractivity contribution in [2.45, 2.75) is 37.8 Å². The Hall–Kier alpha value is -2.34. The Labute approximate surface area is 156 Å². The average molecular weight is 374 g/mol.